The Morgan fingerprint density at radius 3 is 2.39 bits per heavy atom. The molecule has 0 N–H and O–H groups in total. The number of aromatic nitrogens is 2. The van der Waals surface area contributed by atoms with Crippen LogP contribution < -0.4 is 0 Å². The molecular weight excluding hydrogens is 510 g/mol. The highest BCUT2D eigenvalue weighted by Gasteiger charge is 2.36. The van der Waals surface area contributed by atoms with E-state index < -0.39 is 11.9 Å². The van der Waals surface area contributed by atoms with E-state index in [1.807, 2.05) is 23.1 Å². The minimum Gasteiger partial charge on any atom is -0.332 e. The molecule has 5 rings (SSSR count). The first kappa shape index (κ1) is 24.4. The van der Waals surface area contributed by atoms with Crippen LogP contribution in [0.3, 0.4) is 0 Å². The van der Waals surface area contributed by atoms with Gasteiger partial charge < -0.3 is 4.90 Å². The first-order valence-electron chi connectivity index (χ1n) is 11.3. The topological polar surface area (TPSA) is 38.1 Å². The van der Waals surface area contributed by atoms with E-state index in [9.17, 15) is 18.0 Å². The van der Waals surface area contributed by atoms with Gasteiger partial charge in [-0.25, -0.2) is 4.68 Å². The number of hydrogen-bond donors (Lipinski definition) is 0. The first-order valence-corrected chi connectivity index (χ1v) is 12.1. The molecule has 0 radical (unpaired) electrons. The fourth-order valence-electron chi connectivity index (χ4n) is 4.55. The van der Waals surface area contributed by atoms with Crippen molar-refractivity contribution in [2.45, 2.75) is 25.1 Å². The zero-order valence-electron chi connectivity index (χ0n) is 18.8. The number of para-hydroxylation sites is 1. The molecule has 0 saturated carbocycles. The van der Waals surface area contributed by atoms with E-state index in [1.54, 1.807) is 54.6 Å². The second kappa shape index (κ2) is 9.64. The Labute approximate surface area is 215 Å². The summed E-state index contributed by atoms with van der Waals surface area (Å²) in [4.78, 5) is 15.2. The van der Waals surface area contributed by atoms with Gasteiger partial charge in [-0.15, -0.1) is 0 Å². The van der Waals surface area contributed by atoms with Crippen LogP contribution in [0.15, 0.2) is 78.9 Å². The molecule has 0 spiro atoms. The van der Waals surface area contributed by atoms with Crippen LogP contribution in [0.5, 0.6) is 0 Å². The second-order valence-corrected chi connectivity index (χ2v) is 9.41. The summed E-state index contributed by atoms with van der Waals surface area (Å²) in [5.41, 5.74) is 1.42. The van der Waals surface area contributed by atoms with Gasteiger partial charge in [0.1, 0.15) is 0 Å². The van der Waals surface area contributed by atoms with Gasteiger partial charge in [0, 0.05) is 22.7 Å². The van der Waals surface area contributed by atoms with Crippen LogP contribution in [0.1, 0.15) is 40.5 Å². The van der Waals surface area contributed by atoms with Crippen LogP contribution in [0.2, 0.25) is 10.0 Å². The maximum absolute atomic E-state index is 13.5. The molecule has 2 heterocycles. The fraction of sp³-hybridized carbons (Fsp3) is 0.185. The van der Waals surface area contributed by atoms with Gasteiger partial charge in [0.25, 0.3) is 5.91 Å². The standard InChI is InChI=1S/C27H20Cl2F3N3O/c28-20-6-3-5-19(15-20)22-9-4-14-34(22)26(36)18-12-10-17(11-13-18)24-16-25(27(30,31)32)33-35(24)23-8-2-1-7-21(23)29/h1-3,5-8,10-13,15-16,22H,4,9,14H2. The zero-order chi connectivity index (χ0) is 25.4. The molecule has 1 saturated heterocycles. The van der Waals surface area contributed by atoms with E-state index in [1.165, 1.54) is 4.68 Å². The lowest BCUT2D eigenvalue weighted by Gasteiger charge is -2.25. The molecule has 184 valence electrons. The zero-order valence-corrected chi connectivity index (χ0v) is 20.4. The van der Waals surface area contributed by atoms with Crippen molar-refractivity contribution in [3.8, 4) is 16.9 Å². The fourth-order valence-corrected chi connectivity index (χ4v) is 4.97. The van der Waals surface area contributed by atoms with Crippen molar-refractivity contribution < 1.29 is 18.0 Å². The molecule has 1 fully saturated rings. The van der Waals surface area contributed by atoms with E-state index >= 15 is 0 Å². The number of rotatable bonds is 4. The summed E-state index contributed by atoms with van der Waals surface area (Å²) in [6, 6.07) is 21.5. The molecular formula is C27H20Cl2F3N3O. The van der Waals surface area contributed by atoms with Crippen molar-refractivity contribution in [1.29, 1.82) is 0 Å². The van der Waals surface area contributed by atoms with E-state index in [4.69, 9.17) is 23.2 Å². The van der Waals surface area contributed by atoms with Crippen LogP contribution in [-0.4, -0.2) is 27.1 Å². The lowest BCUT2D eigenvalue weighted by molar-refractivity contribution is -0.141. The smallest absolute Gasteiger partial charge is 0.332 e. The van der Waals surface area contributed by atoms with Crippen LogP contribution in [-0.2, 0) is 6.18 Å². The van der Waals surface area contributed by atoms with Crippen LogP contribution in [0, 0.1) is 0 Å². The molecule has 1 atom stereocenters. The van der Waals surface area contributed by atoms with Gasteiger partial charge in [-0.3, -0.25) is 4.79 Å². The van der Waals surface area contributed by atoms with Gasteiger partial charge in [0.2, 0.25) is 0 Å². The Morgan fingerprint density at radius 1 is 0.944 bits per heavy atom. The maximum atomic E-state index is 13.5. The van der Waals surface area contributed by atoms with Gasteiger partial charge in [-0.05, 0) is 60.9 Å². The highest BCUT2D eigenvalue weighted by molar-refractivity contribution is 6.32. The first-order chi connectivity index (χ1) is 17.2. The van der Waals surface area contributed by atoms with Gasteiger partial charge >= 0.3 is 6.18 Å². The Kier molecular flexibility index (Phi) is 6.53. The number of likely N-dealkylation sites (tertiary alicyclic amines) is 1. The summed E-state index contributed by atoms with van der Waals surface area (Å²) in [6.45, 7) is 0.617. The third-order valence-electron chi connectivity index (χ3n) is 6.26. The minimum atomic E-state index is -4.62. The largest absolute Gasteiger partial charge is 0.435 e. The third kappa shape index (κ3) is 4.73. The Hall–Kier alpha value is -3.29. The third-order valence-corrected chi connectivity index (χ3v) is 6.81. The van der Waals surface area contributed by atoms with E-state index in [0.29, 0.717) is 28.4 Å². The number of carbonyl (C=O) groups is 1. The molecule has 0 aliphatic carbocycles. The lowest BCUT2D eigenvalue weighted by atomic mass is 10.0. The number of benzene rings is 3. The summed E-state index contributed by atoms with van der Waals surface area (Å²) < 4.78 is 41.6. The SMILES string of the molecule is O=C(c1ccc(-c2cc(C(F)(F)F)nn2-c2ccccc2Cl)cc1)N1CCCC1c1cccc(Cl)c1. The molecule has 9 heteroatoms. The van der Waals surface area contributed by atoms with Gasteiger partial charge in [0.15, 0.2) is 5.69 Å². The number of nitrogens with zero attached hydrogens (tertiary/aromatic N) is 3. The Balaban J connectivity index is 1.47. The summed E-state index contributed by atoms with van der Waals surface area (Å²) in [6.07, 6.45) is -2.91. The molecule has 1 aliphatic rings. The van der Waals surface area contributed by atoms with E-state index in [2.05, 4.69) is 5.10 Å². The van der Waals surface area contributed by atoms with E-state index in [0.717, 1.165) is 24.5 Å². The number of hydrogen-bond acceptors (Lipinski definition) is 2. The molecule has 0 bridgehead atoms. The van der Waals surface area contributed by atoms with Gasteiger partial charge in [-0.1, -0.05) is 59.6 Å². The normalized spacial score (nSPS) is 15.9. The quantitative estimate of drug-likeness (QED) is 0.270. The highest BCUT2D eigenvalue weighted by atomic mass is 35.5. The van der Waals surface area contributed by atoms with Crippen molar-refractivity contribution in [1.82, 2.24) is 14.7 Å². The number of halogens is 5. The number of amides is 1. The molecule has 1 unspecified atom stereocenters. The maximum Gasteiger partial charge on any atom is 0.435 e. The molecule has 1 amide bonds. The molecule has 36 heavy (non-hydrogen) atoms. The summed E-state index contributed by atoms with van der Waals surface area (Å²) in [7, 11) is 0. The average molecular weight is 530 g/mol. The molecule has 4 nitrogen and oxygen atoms in total. The predicted octanol–water partition coefficient (Wildman–Crippen LogP) is 7.84. The average Bonchev–Trinajstić information content (AvgIpc) is 3.52. The van der Waals surface area contributed by atoms with Crippen molar-refractivity contribution in [2.24, 2.45) is 0 Å². The summed E-state index contributed by atoms with van der Waals surface area (Å²) >= 11 is 12.4. The van der Waals surface area contributed by atoms with Crippen molar-refractivity contribution in [3.05, 3.63) is 106 Å². The van der Waals surface area contributed by atoms with Crippen LogP contribution >= 0.6 is 23.2 Å². The van der Waals surface area contributed by atoms with Crippen molar-refractivity contribution in [3.63, 3.8) is 0 Å². The number of carbonyl (C=O) groups excluding carboxylic acids is 1. The van der Waals surface area contributed by atoms with Gasteiger partial charge in [-0.2, -0.15) is 18.3 Å². The van der Waals surface area contributed by atoms with Crippen molar-refractivity contribution in [2.75, 3.05) is 6.54 Å². The van der Waals surface area contributed by atoms with Crippen LogP contribution in [0.4, 0.5) is 13.2 Å². The van der Waals surface area contributed by atoms with Crippen LogP contribution in [0.25, 0.3) is 16.9 Å². The number of alkyl halides is 3. The molecule has 1 aromatic heterocycles. The Bertz CT molecular complexity index is 1420. The highest BCUT2D eigenvalue weighted by Crippen LogP contribution is 2.36. The summed E-state index contributed by atoms with van der Waals surface area (Å²) in [5.74, 6) is -0.139. The summed E-state index contributed by atoms with van der Waals surface area (Å²) in [5, 5.41) is 4.66. The molecule has 4 aromatic rings. The predicted molar refractivity (Wildman–Crippen MR) is 133 cm³/mol. The molecule has 1 aliphatic heterocycles. The van der Waals surface area contributed by atoms with Gasteiger partial charge in [0.05, 0.1) is 22.4 Å². The monoisotopic (exact) mass is 529 g/mol. The Morgan fingerprint density at radius 2 is 1.69 bits per heavy atom. The lowest BCUT2D eigenvalue weighted by Crippen LogP contribution is -2.30. The van der Waals surface area contributed by atoms with Crippen molar-refractivity contribution >= 4 is 29.1 Å². The minimum absolute atomic E-state index is 0.0770. The molecule has 3 aromatic carbocycles. The second-order valence-electron chi connectivity index (χ2n) is 8.56. The van der Waals surface area contributed by atoms with E-state index in [-0.39, 0.29) is 22.7 Å².